The van der Waals surface area contributed by atoms with Gasteiger partial charge in [-0.2, -0.15) is 0 Å². The number of hydrogen-bond acceptors (Lipinski definition) is 4. The van der Waals surface area contributed by atoms with Crippen LogP contribution in [0.15, 0.2) is 70.6 Å². The van der Waals surface area contributed by atoms with Gasteiger partial charge in [-0.15, -0.1) is 0 Å². The number of phenols is 2. The van der Waals surface area contributed by atoms with E-state index in [0.29, 0.717) is 5.39 Å². The second-order valence-electron chi connectivity index (χ2n) is 19.9. The van der Waals surface area contributed by atoms with E-state index in [0.717, 1.165) is 78.5 Å². The Morgan fingerprint density at radius 3 is 1.39 bits per heavy atom. The number of rotatable bonds is 34. The molecule has 4 nitrogen and oxygen atoms in total. The van der Waals surface area contributed by atoms with Crippen molar-refractivity contribution < 1.29 is 26.7 Å². The summed E-state index contributed by atoms with van der Waals surface area (Å²) in [5.41, 5.74) is 10.4. The number of fused-ring (bicyclic) bond motifs is 1. The average Bonchev–Trinajstić information content (AvgIpc) is 3.35. The minimum atomic E-state index is 0. The quantitative estimate of drug-likeness (QED) is 0.0212. The maximum absolute atomic E-state index is 10.0. The van der Waals surface area contributed by atoms with E-state index < -0.39 is 0 Å². The van der Waals surface area contributed by atoms with Gasteiger partial charge in [-0.25, -0.2) is 4.99 Å². The van der Waals surface area contributed by atoms with Gasteiger partial charge in [0, 0.05) is 22.9 Å². The molecule has 0 aliphatic carbocycles. The number of aromatic hydroxyl groups is 2. The Hall–Kier alpha value is -3.87. The van der Waals surface area contributed by atoms with Crippen molar-refractivity contribution in [3.8, 4) is 23.3 Å². The van der Waals surface area contributed by atoms with Gasteiger partial charge in [0.25, 0.3) is 0 Å². The maximum atomic E-state index is 10.0. The van der Waals surface area contributed by atoms with Crippen LogP contribution in [-0.2, 0) is 48.6 Å². The van der Waals surface area contributed by atoms with E-state index in [1.54, 1.807) is 12.1 Å². The summed E-state index contributed by atoms with van der Waals surface area (Å²) in [6.45, 7) is 15.3. The van der Waals surface area contributed by atoms with Crippen molar-refractivity contribution in [2.24, 2.45) is 9.98 Å². The Labute approximate surface area is 439 Å². The number of aliphatic imine (C=N–C) groups is 2. The Bertz CT molecular complexity index is 2120. The van der Waals surface area contributed by atoms with Crippen molar-refractivity contribution in [1.82, 2.24) is 0 Å². The summed E-state index contributed by atoms with van der Waals surface area (Å²) in [7, 11) is 0. The van der Waals surface area contributed by atoms with Gasteiger partial charge in [0.1, 0.15) is 17.2 Å². The van der Waals surface area contributed by atoms with Crippen molar-refractivity contribution >= 4 is 34.1 Å². The third-order valence-electron chi connectivity index (χ3n) is 13.9. The van der Waals surface area contributed by atoms with E-state index in [1.807, 2.05) is 19.2 Å². The second kappa shape index (κ2) is 39.7. The average molecular weight is 998 g/mol. The van der Waals surface area contributed by atoms with Gasteiger partial charge in [0.2, 0.25) is 0 Å². The molecule has 0 spiro atoms. The molecule has 4 aromatic rings. The topological polar surface area (TPSA) is 65.2 Å². The molecule has 0 aliphatic rings. The summed E-state index contributed by atoms with van der Waals surface area (Å²) >= 11 is 0. The molecule has 0 amide bonds. The largest absolute Gasteiger partial charge is 0.507 e. The van der Waals surface area contributed by atoms with Crippen LogP contribution in [0.5, 0.6) is 11.5 Å². The Morgan fingerprint density at radius 1 is 0.471 bits per heavy atom. The van der Waals surface area contributed by atoms with E-state index in [2.05, 4.69) is 95.8 Å². The fraction of sp³-hybridized carbons (Fsp3) is 0.600. The zero-order chi connectivity index (χ0) is 49.7. The summed E-state index contributed by atoms with van der Waals surface area (Å²) in [4.78, 5) is 9.78. The molecular formula is C65H98N2NiO2. The van der Waals surface area contributed by atoms with Crippen LogP contribution in [0.3, 0.4) is 0 Å². The van der Waals surface area contributed by atoms with Crippen LogP contribution in [-0.4, -0.2) is 22.1 Å². The standard InChI is InChI=1S/C49H78N2.C16H20O2.Ni/c1-6-11-12-13-14-15-16-17-18-19-20-21-22-23-24-25-26-27-28-29-30-31-32-33-34-35-49(51-48-39-37-44(8-3)46(10-5)41-48)42-50-47-38-36-43(7-2)45(9-4)40-47;1-3-4-5-6-12-9-13-7-11(2)8-14(17)16(13)15(18)10-12;/h36-42H,6-33H2,1-5H3;7-10,17-18H,3-6H2,1-2H3;. The van der Waals surface area contributed by atoms with E-state index in [-0.39, 0.29) is 28.0 Å². The molecule has 390 valence electrons. The molecule has 5 heteroatoms. The van der Waals surface area contributed by atoms with Crippen LogP contribution >= 0.6 is 0 Å². The van der Waals surface area contributed by atoms with Crippen molar-refractivity contribution in [3.63, 3.8) is 0 Å². The molecule has 4 rings (SSSR count). The van der Waals surface area contributed by atoms with Gasteiger partial charge in [-0.05, 0) is 133 Å². The van der Waals surface area contributed by atoms with Crippen LogP contribution in [0, 0.1) is 18.8 Å². The number of hydrogen-bond donors (Lipinski definition) is 2. The van der Waals surface area contributed by atoms with E-state index in [4.69, 9.17) is 9.98 Å². The fourth-order valence-corrected chi connectivity index (χ4v) is 9.64. The molecule has 0 heterocycles. The number of aryl methyl sites for hydroxylation is 6. The Balaban J connectivity index is 0.000000734. The molecule has 0 radical (unpaired) electrons. The number of benzene rings is 4. The molecule has 0 aromatic heterocycles. The predicted molar refractivity (Wildman–Crippen MR) is 305 cm³/mol. The first-order valence-corrected chi connectivity index (χ1v) is 28.6. The minimum absolute atomic E-state index is 0. The molecule has 0 saturated carbocycles. The van der Waals surface area contributed by atoms with Gasteiger partial charge < -0.3 is 10.2 Å². The Morgan fingerprint density at radius 2 is 0.900 bits per heavy atom. The molecule has 0 saturated heterocycles. The van der Waals surface area contributed by atoms with Gasteiger partial charge in [0.15, 0.2) is 0 Å². The molecule has 4 aromatic carbocycles. The second-order valence-corrected chi connectivity index (χ2v) is 19.9. The predicted octanol–water partition coefficient (Wildman–Crippen LogP) is 20.1. The molecule has 70 heavy (non-hydrogen) atoms. The Kier molecular flexibility index (Phi) is 35.3. The molecule has 2 N–H and O–H groups in total. The summed E-state index contributed by atoms with van der Waals surface area (Å²) in [6, 6.07) is 20.6. The zero-order valence-corrected chi connectivity index (χ0v) is 46.6. The molecular weight excluding hydrogens is 899 g/mol. The summed E-state index contributed by atoms with van der Waals surface area (Å²) in [5.74, 6) is 7.13. The van der Waals surface area contributed by atoms with Crippen molar-refractivity contribution in [2.45, 2.75) is 254 Å². The fourth-order valence-electron chi connectivity index (χ4n) is 9.64. The van der Waals surface area contributed by atoms with Crippen molar-refractivity contribution in [2.75, 3.05) is 0 Å². The molecule has 0 fully saturated rings. The van der Waals surface area contributed by atoms with Crippen LogP contribution in [0.1, 0.15) is 248 Å². The van der Waals surface area contributed by atoms with E-state index in [1.165, 1.54) is 183 Å². The SMILES string of the molecule is CCCCCCCCCCCCCCCCCCCCCCCCCC#CC(C=Nc1ccc(CC)c(CC)c1)=Nc1ccc(CC)c(CC)c1.CCCCCc1cc(O)c2c(O)cc(C)cc2c1.[Ni]. The first-order chi connectivity index (χ1) is 33.8. The van der Waals surface area contributed by atoms with Crippen LogP contribution in [0.4, 0.5) is 11.4 Å². The summed E-state index contributed by atoms with van der Waals surface area (Å²) in [6.07, 6.45) is 44.1. The zero-order valence-electron chi connectivity index (χ0n) is 45.6. The van der Waals surface area contributed by atoms with Gasteiger partial charge in [0.05, 0.1) is 23.0 Å². The third kappa shape index (κ3) is 26.0. The third-order valence-corrected chi connectivity index (χ3v) is 13.9. The van der Waals surface area contributed by atoms with Crippen LogP contribution in [0.25, 0.3) is 10.8 Å². The molecule has 0 atom stereocenters. The smallest absolute Gasteiger partial charge is 0.132 e. The maximum Gasteiger partial charge on any atom is 0.132 e. The van der Waals surface area contributed by atoms with Gasteiger partial charge in [-0.1, -0.05) is 226 Å². The van der Waals surface area contributed by atoms with Crippen LogP contribution < -0.4 is 0 Å². The molecule has 0 aliphatic heterocycles. The summed E-state index contributed by atoms with van der Waals surface area (Å²) < 4.78 is 0. The van der Waals surface area contributed by atoms with Crippen molar-refractivity contribution in [1.29, 1.82) is 0 Å². The van der Waals surface area contributed by atoms with Crippen LogP contribution in [0.2, 0.25) is 0 Å². The minimum Gasteiger partial charge on any atom is -0.507 e. The van der Waals surface area contributed by atoms with E-state index in [9.17, 15) is 10.2 Å². The number of phenolic OH excluding ortho intramolecular Hbond substituents is 2. The first kappa shape index (κ1) is 62.3. The number of nitrogens with zero attached hydrogens (tertiary/aromatic N) is 2. The molecule has 0 unspecified atom stereocenters. The number of unbranched alkanes of at least 4 members (excludes halogenated alkanes) is 25. The monoisotopic (exact) mass is 997 g/mol. The normalized spacial score (nSPS) is 11.4. The van der Waals surface area contributed by atoms with Gasteiger partial charge in [-0.3, -0.25) is 4.99 Å². The van der Waals surface area contributed by atoms with Crippen molar-refractivity contribution in [3.05, 3.63) is 94.0 Å². The van der Waals surface area contributed by atoms with Gasteiger partial charge >= 0.3 is 0 Å². The molecule has 0 bridgehead atoms. The van der Waals surface area contributed by atoms with E-state index >= 15 is 0 Å². The first-order valence-electron chi connectivity index (χ1n) is 28.6. The summed E-state index contributed by atoms with van der Waals surface area (Å²) in [5, 5.41) is 21.4.